The van der Waals surface area contributed by atoms with E-state index in [4.69, 9.17) is 11.0 Å². The van der Waals surface area contributed by atoms with Crippen molar-refractivity contribution in [1.29, 1.82) is 5.26 Å². The van der Waals surface area contributed by atoms with Crippen molar-refractivity contribution in [3.05, 3.63) is 42.5 Å². The Labute approximate surface area is 186 Å². The van der Waals surface area contributed by atoms with Crippen LogP contribution in [0.3, 0.4) is 0 Å². The molecule has 0 aliphatic heterocycles. The minimum atomic E-state index is 0.209. The summed E-state index contributed by atoms with van der Waals surface area (Å²) >= 11 is 0. The molecule has 0 amide bonds. The van der Waals surface area contributed by atoms with Crippen molar-refractivity contribution in [1.82, 2.24) is 34.7 Å². The van der Waals surface area contributed by atoms with Gasteiger partial charge in [0.25, 0.3) is 0 Å². The summed E-state index contributed by atoms with van der Waals surface area (Å²) in [4.78, 5) is 9.01. The summed E-state index contributed by atoms with van der Waals surface area (Å²) in [6.07, 6.45) is 10.0. The second-order valence-corrected chi connectivity index (χ2v) is 7.91. The van der Waals surface area contributed by atoms with Crippen molar-refractivity contribution in [2.45, 2.75) is 45.7 Å². The number of aryl methyl sites for hydroxylation is 1. The van der Waals surface area contributed by atoms with Crippen LogP contribution in [0.5, 0.6) is 0 Å². The van der Waals surface area contributed by atoms with E-state index in [0.717, 1.165) is 48.1 Å². The number of hydrogen-bond acceptors (Lipinski definition) is 8. The summed E-state index contributed by atoms with van der Waals surface area (Å²) in [5.41, 5.74) is 9.21. The van der Waals surface area contributed by atoms with Gasteiger partial charge in [-0.15, -0.1) is 5.10 Å². The van der Waals surface area contributed by atoms with E-state index in [1.54, 1.807) is 23.1 Å². The fourth-order valence-electron chi connectivity index (χ4n) is 3.47. The molecule has 4 aromatic rings. The minimum absolute atomic E-state index is 0.209. The number of nitrogens with two attached hydrogens (primary N) is 1. The van der Waals surface area contributed by atoms with Crippen molar-refractivity contribution in [2.24, 2.45) is 5.73 Å². The van der Waals surface area contributed by atoms with E-state index in [9.17, 15) is 0 Å². The molecule has 3 N–H and O–H groups in total. The summed E-state index contributed by atoms with van der Waals surface area (Å²) in [5, 5.41) is 26.4. The molecule has 0 aromatic carbocycles. The van der Waals surface area contributed by atoms with Crippen molar-refractivity contribution >= 4 is 16.7 Å². The van der Waals surface area contributed by atoms with Gasteiger partial charge in [0.1, 0.15) is 11.8 Å². The van der Waals surface area contributed by atoms with Gasteiger partial charge in [0.05, 0.1) is 18.0 Å². The van der Waals surface area contributed by atoms with Gasteiger partial charge in [-0.25, -0.2) is 9.97 Å². The van der Waals surface area contributed by atoms with Gasteiger partial charge in [0, 0.05) is 47.7 Å². The Morgan fingerprint density at radius 3 is 2.78 bits per heavy atom. The molecule has 0 bridgehead atoms. The van der Waals surface area contributed by atoms with Crippen LogP contribution in [0.1, 0.15) is 38.7 Å². The molecule has 0 unspecified atom stereocenters. The number of rotatable bonds is 9. The van der Waals surface area contributed by atoms with Crippen LogP contribution in [-0.4, -0.2) is 47.3 Å². The van der Waals surface area contributed by atoms with Gasteiger partial charge in [-0.2, -0.15) is 15.0 Å². The van der Waals surface area contributed by atoms with Crippen molar-refractivity contribution in [2.75, 3.05) is 11.9 Å². The number of nitriles is 1. The Kier molecular flexibility index (Phi) is 6.37. The largest absolute Gasteiger partial charge is 0.382 e. The molecule has 4 rings (SSSR count). The van der Waals surface area contributed by atoms with Crippen LogP contribution in [-0.2, 0) is 6.54 Å². The van der Waals surface area contributed by atoms with E-state index >= 15 is 0 Å². The monoisotopic (exact) mass is 430 g/mol. The highest BCUT2D eigenvalue weighted by Gasteiger charge is 2.15. The smallest absolute Gasteiger partial charge is 0.164 e. The van der Waals surface area contributed by atoms with E-state index in [0.29, 0.717) is 23.6 Å². The standard InChI is InChI=1S/C22H26N10/c1-15(2)28-19-9-21(32-22-17(12-27-32)8-16(10-24)11-26-22)25-13-18(19)20-14-31(30-29-20)7-5-3-4-6-23/h8-9,11-15H,3-7,23H2,1-2H3,(H,25,28). The molecule has 0 spiro atoms. The first kappa shape index (κ1) is 21.4. The predicted octanol–water partition coefficient (Wildman–Crippen LogP) is 2.89. The zero-order chi connectivity index (χ0) is 22.5. The number of aromatic nitrogens is 7. The molecule has 0 aliphatic carbocycles. The zero-order valence-corrected chi connectivity index (χ0v) is 18.2. The van der Waals surface area contributed by atoms with Gasteiger partial charge in [-0.05, 0) is 39.3 Å². The SMILES string of the molecule is CC(C)Nc1cc(-n2ncc3cc(C#N)cnc32)ncc1-c1cn(CCCCCN)nn1. The molecule has 4 aromatic heterocycles. The van der Waals surface area contributed by atoms with Crippen LogP contribution in [0.2, 0.25) is 0 Å². The van der Waals surface area contributed by atoms with Gasteiger partial charge >= 0.3 is 0 Å². The Bertz CT molecular complexity index is 1250. The lowest BCUT2D eigenvalue weighted by Crippen LogP contribution is -2.12. The number of anilines is 1. The minimum Gasteiger partial charge on any atom is -0.382 e. The van der Waals surface area contributed by atoms with Crippen LogP contribution in [0.15, 0.2) is 36.9 Å². The molecule has 10 heteroatoms. The number of hydrogen-bond donors (Lipinski definition) is 2. The van der Waals surface area contributed by atoms with Gasteiger partial charge in [-0.3, -0.25) is 4.68 Å². The number of unbranched alkanes of at least 4 members (excludes halogenated alkanes) is 2. The number of nitrogens with zero attached hydrogens (tertiary/aromatic N) is 8. The lowest BCUT2D eigenvalue weighted by Gasteiger charge is -2.14. The van der Waals surface area contributed by atoms with Crippen LogP contribution >= 0.6 is 0 Å². The van der Waals surface area contributed by atoms with Crippen molar-refractivity contribution in [3.63, 3.8) is 0 Å². The second-order valence-electron chi connectivity index (χ2n) is 7.91. The van der Waals surface area contributed by atoms with E-state index in [1.165, 1.54) is 6.20 Å². The Hall–Kier alpha value is -3.84. The highest BCUT2D eigenvalue weighted by atomic mass is 15.4. The molecule has 4 heterocycles. The van der Waals surface area contributed by atoms with Crippen molar-refractivity contribution in [3.8, 4) is 23.1 Å². The molecule has 0 aliphatic rings. The molecule has 0 saturated carbocycles. The zero-order valence-electron chi connectivity index (χ0n) is 18.2. The second kappa shape index (κ2) is 9.53. The first-order valence-corrected chi connectivity index (χ1v) is 10.7. The number of pyridine rings is 2. The maximum Gasteiger partial charge on any atom is 0.164 e. The molecule has 10 nitrogen and oxygen atoms in total. The van der Waals surface area contributed by atoms with Crippen LogP contribution in [0.4, 0.5) is 5.69 Å². The van der Waals surface area contributed by atoms with Gasteiger partial charge in [0.15, 0.2) is 11.5 Å². The van der Waals surface area contributed by atoms with Crippen LogP contribution in [0, 0.1) is 11.3 Å². The molecule has 0 fully saturated rings. The molecule has 0 saturated heterocycles. The lowest BCUT2D eigenvalue weighted by atomic mass is 10.1. The summed E-state index contributed by atoms with van der Waals surface area (Å²) in [6, 6.07) is 6.00. The third-order valence-electron chi connectivity index (χ3n) is 4.99. The van der Waals surface area contributed by atoms with E-state index in [-0.39, 0.29) is 6.04 Å². The van der Waals surface area contributed by atoms with E-state index in [1.807, 2.05) is 16.9 Å². The normalized spacial score (nSPS) is 11.2. The maximum atomic E-state index is 9.10. The van der Waals surface area contributed by atoms with Gasteiger partial charge < -0.3 is 11.1 Å². The number of nitrogens with one attached hydrogen (secondary N) is 1. The molecular weight excluding hydrogens is 404 g/mol. The summed E-state index contributed by atoms with van der Waals surface area (Å²) in [6.45, 7) is 5.67. The third kappa shape index (κ3) is 4.58. The summed E-state index contributed by atoms with van der Waals surface area (Å²) in [5.74, 6) is 0.623. The quantitative estimate of drug-likeness (QED) is 0.387. The Morgan fingerprint density at radius 2 is 2.00 bits per heavy atom. The average Bonchev–Trinajstić information content (AvgIpc) is 3.43. The molecule has 0 atom stereocenters. The van der Waals surface area contributed by atoms with E-state index < -0.39 is 0 Å². The Morgan fingerprint density at radius 1 is 1.12 bits per heavy atom. The highest BCUT2D eigenvalue weighted by molar-refractivity contribution is 5.79. The van der Waals surface area contributed by atoms with Crippen LogP contribution < -0.4 is 11.1 Å². The molecular formula is C22H26N10. The first-order chi connectivity index (χ1) is 15.6. The average molecular weight is 431 g/mol. The third-order valence-corrected chi connectivity index (χ3v) is 4.99. The lowest BCUT2D eigenvalue weighted by molar-refractivity contribution is 0.532. The molecule has 0 radical (unpaired) electrons. The summed E-state index contributed by atoms with van der Waals surface area (Å²) < 4.78 is 3.52. The first-order valence-electron chi connectivity index (χ1n) is 10.7. The Balaban J connectivity index is 1.66. The highest BCUT2D eigenvalue weighted by Crippen LogP contribution is 2.28. The van der Waals surface area contributed by atoms with Gasteiger partial charge in [0.2, 0.25) is 0 Å². The predicted molar refractivity (Wildman–Crippen MR) is 122 cm³/mol. The fraction of sp³-hybridized carbons (Fsp3) is 0.364. The molecule has 32 heavy (non-hydrogen) atoms. The molecule has 164 valence electrons. The maximum absolute atomic E-state index is 9.10. The topological polar surface area (TPSA) is 136 Å². The van der Waals surface area contributed by atoms with Crippen LogP contribution in [0.25, 0.3) is 28.1 Å². The van der Waals surface area contributed by atoms with Crippen molar-refractivity contribution < 1.29 is 0 Å². The number of fused-ring (bicyclic) bond motifs is 1. The summed E-state index contributed by atoms with van der Waals surface area (Å²) in [7, 11) is 0. The van der Waals surface area contributed by atoms with Gasteiger partial charge in [-0.1, -0.05) is 11.6 Å². The van der Waals surface area contributed by atoms with E-state index in [2.05, 4.69) is 50.6 Å². The fourth-order valence-corrected chi connectivity index (χ4v) is 3.47.